The first kappa shape index (κ1) is 94.7. The zero-order valence-electron chi connectivity index (χ0n) is 71.8. The lowest BCUT2D eigenvalue weighted by atomic mass is 11.9. The van der Waals surface area contributed by atoms with Gasteiger partial charge in [-0.3, -0.25) is 0 Å². The Morgan fingerprint density at radius 1 is 0.0504 bits per heavy atom. The molecule has 23 aliphatic heterocycles. The molecule has 0 unspecified atom stereocenters. The summed E-state index contributed by atoms with van der Waals surface area (Å²) in [7, 11) is -132. The van der Waals surface area contributed by atoms with Gasteiger partial charge in [-0.15, -0.1) is 0 Å². The lowest BCUT2D eigenvalue weighted by molar-refractivity contribution is -0.0231. The molecule has 23 rings (SSSR count). The van der Waals surface area contributed by atoms with Crippen molar-refractivity contribution in [2.45, 2.75) is 223 Å². The van der Waals surface area contributed by atoms with Gasteiger partial charge in [-0.05, 0) is 0 Å². The van der Waals surface area contributed by atoms with Gasteiger partial charge in [0.05, 0.1) is 0 Å². The van der Waals surface area contributed by atoms with Gasteiger partial charge in [-0.25, -0.2) is 0 Å². The Morgan fingerprint density at radius 3 is 0.0840 bits per heavy atom. The summed E-state index contributed by atoms with van der Waals surface area (Å²) in [4.78, 5) is 0. The Kier molecular flexibility index (Phi) is 21.7. The summed E-state index contributed by atoms with van der Waals surface area (Å²) < 4.78 is 344. The third kappa shape index (κ3) is 18.7. The molecule has 23 fully saturated rings. The van der Waals surface area contributed by atoms with E-state index >= 15 is 0 Å². The maximum Gasteiger partial charge on any atom is 0.475 e. The first-order valence-electron chi connectivity index (χ1n) is 37.8. The van der Waals surface area contributed by atoms with Crippen molar-refractivity contribution in [2.24, 2.45) is 0 Å². The van der Waals surface area contributed by atoms with Gasteiger partial charge in [0.1, 0.15) is 0 Å². The summed E-state index contributed by atoms with van der Waals surface area (Å²) >= 11 is 0. The van der Waals surface area contributed by atoms with E-state index in [1.54, 1.807) is 223 Å². The molecule has 0 aliphatic carbocycles. The SMILES string of the molecule is C[Si]12O[Si]3(C)O[Si](C)(O1)O[Si]1(C)O[Si]4(C)O[Si]5(C)O[Si](C)(O[Si](C)(O2)O4)O[Si](C)(O3)O[Si](C)(O5)O1.C[Si]12O[Si]3(C)O[Si]4(C)O[Si](C)(O1)O[Si]1(C)O[Si](C)(O2)O[Si](C)(O3)O[Si](C)(O4)O1.C[Si]12O[Si]3(C)O[Si]4(C)O[Si](C)(O1)O[Si]1(C)O[Si]5(C)O[Si]6(C)O[Si]7(C)O[Si]8(C)O[Si](C)(O6)O[Si](C)(O1)O[Si](C)(O4)O[Si](C)(O8)O[Si](C)(O3)O[Si](C)(O7)O[Si](C)(O2)O5. The predicted octanol–water partition coefficient (Wildman–Crippen LogP) is 3.41. The van der Waals surface area contributed by atoms with Crippen LogP contribution < -0.4 is 0 Å². The lowest BCUT2D eigenvalue weighted by Gasteiger charge is -2.60. The molecule has 119 heavy (non-hydrogen) atoms. The van der Waals surface area contributed by atoms with Gasteiger partial charge in [0, 0.05) is 223 Å². The monoisotopic (exact) mass is 2280 g/mol. The molecular formula is C34H102O51Si34. The fraction of sp³-hybridized carbons (Fsp3) is 1.00. The zero-order chi connectivity index (χ0) is 87.1. The largest absolute Gasteiger partial charge is 0.475 e. The predicted molar refractivity (Wildman–Crippen MR) is 450 cm³/mol. The summed E-state index contributed by atoms with van der Waals surface area (Å²) in [5.41, 5.74) is 0. The van der Waals surface area contributed by atoms with Crippen LogP contribution in [-0.4, -0.2) is 299 Å². The van der Waals surface area contributed by atoms with Crippen LogP contribution >= 0.6 is 0 Å². The van der Waals surface area contributed by atoms with E-state index in [1.165, 1.54) is 0 Å². The van der Waals surface area contributed by atoms with Crippen LogP contribution in [0, 0.1) is 0 Å². The van der Waals surface area contributed by atoms with Crippen LogP contribution in [0.5, 0.6) is 0 Å². The molecule has 0 aromatic carbocycles. The van der Waals surface area contributed by atoms with E-state index < -0.39 is 299 Å². The van der Waals surface area contributed by atoms with E-state index in [2.05, 4.69) is 0 Å². The Morgan fingerprint density at radius 2 is 0.0672 bits per heavy atom. The van der Waals surface area contributed by atoms with Crippen LogP contribution in [0.25, 0.3) is 0 Å². The lowest BCUT2D eigenvalue weighted by Crippen LogP contribution is -2.86. The summed E-state index contributed by atoms with van der Waals surface area (Å²) in [5.74, 6) is 0. The van der Waals surface area contributed by atoms with Gasteiger partial charge >= 0.3 is 299 Å². The van der Waals surface area contributed by atoms with E-state index in [9.17, 15) is 0 Å². The van der Waals surface area contributed by atoms with E-state index in [4.69, 9.17) is 210 Å². The van der Waals surface area contributed by atoms with Crippen molar-refractivity contribution < 1.29 is 210 Å². The molecule has 680 valence electrons. The van der Waals surface area contributed by atoms with Crippen molar-refractivity contribution in [3.63, 3.8) is 0 Å². The second-order valence-electron chi connectivity index (χ2n) is 34.5. The van der Waals surface area contributed by atoms with Crippen LogP contribution in [-0.2, 0) is 210 Å². The molecule has 0 radical (unpaired) electrons. The molecule has 0 amide bonds. The second kappa shape index (κ2) is 27.2. The number of hydrogen-bond donors (Lipinski definition) is 0. The minimum Gasteiger partial charge on any atom is -0.374 e. The van der Waals surface area contributed by atoms with Crippen LogP contribution in [0.1, 0.15) is 0 Å². The number of rotatable bonds is 0. The van der Waals surface area contributed by atoms with E-state index in [0.29, 0.717) is 0 Å². The molecule has 0 aromatic rings. The maximum absolute atomic E-state index is 7.08. The Hall–Kier alpha value is 5.33. The molecule has 0 N–H and O–H groups in total. The third-order valence-electron chi connectivity index (χ3n) is 18.9. The van der Waals surface area contributed by atoms with Crippen LogP contribution in [0.3, 0.4) is 0 Å². The van der Waals surface area contributed by atoms with Gasteiger partial charge < -0.3 is 210 Å². The summed E-state index contributed by atoms with van der Waals surface area (Å²) in [5, 5.41) is 0. The topological polar surface area (TPSA) is 471 Å². The molecule has 34 bridgehead atoms. The Labute approximate surface area is 725 Å². The second-order valence-corrected chi connectivity index (χ2v) is 135. The Balaban J connectivity index is 0.000000132. The molecule has 85 heteroatoms. The molecule has 0 atom stereocenters. The van der Waals surface area contributed by atoms with Crippen LogP contribution in [0.2, 0.25) is 223 Å². The molecule has 0 aromatic heterocycles. The highest BCUT2D eigenvalue weighted by Gasteiger charge is 2.86. The van der Waals surface area contributed by atoms with Gasteiger partial charge in [0.2, 0.25) is 0 Å². The minimum atomic E-state index is -4.33. The third-order valence-corrected chi connectivity index (χ3v) is 170. The van der Waals surface area contributed by atoms with Gasteiger partial charge in [0.25, 0.3) is 0 Å². The highest BCUT2D eigenvalue weighted by atomic mass is 28.7. The summed E-state index contributed by atoms with van der Waals surface area (Å²) in [6, 6.07) is 0. The smallest absolute Gasteiger partial charge is 0.374 e. The quantitative estimate of drug-likeness (QED) is 0.314. The minimum absolute atomic E-state index is 1.66. The van der Waals surface area contributed by atoms with Crippen molar-refractivity contribution in [3.8, 4) is 0 Å². The molecule has 51 nitrogen and oxygen atoms in total. The molecule has 23 saturated heterocycles. The molecule has 23 heterocycles. The standard InChI is InChI=1S/C16H48O24Si16.C10H30O15Si10.C8H24O12Si8/c1-41-17-49(9)33-52(12)20-44(4)27-42(2,25-41)18-50(10)35-51(11)19-43(3,26-41)28-45(5)21-53(13,34-49)39-56(16,38-52)24-48(8)31-46(6,29-44)22-54(14,36-50)40-55(15,37-51)23-47(7,30-45)32-48;1-26-11-29(4)12-27(2)16-30(5,14-26)20-33(8)23-34(9)21-31(6,15-26)17-28(3,13-29)19-32(7,18-27)22-35(10,24-33)25-34;1-21-9-22(2)12-25(5)14-23(3,10-21)16-27(7)17-24(4,11-21)15-26(6,13-22)19-28(8,18-25)20-27/h1-16H3;1-10H3;1-8H3. The van der Waals surface area contributed by atoms with Crippen molar-refractivity contribution in [1.29, 1.82) is 0 Å². The summed E-state index contributed by atoms with van der Waals surface area (Å²) in [6.07, 6.45) is 0. The average molecular weight is 2280 g/mol. The molecule has 0 saturated carbocycles. The maximum atomic E-state index is 7.08. The van der Waals surface area contributed by atoms with Crippen LogP contribution in [0.4, 0.5) is 0 Å². The Bertz CT molecular complexity index is 3410. The van der Waals surface area contributed by atoms with E-state index in [-0.39, 0.29) is 0 Å². The highest BCUT2D eigenvalue weighted by Crippen LogP contribution is 2.56. The van der Waals surface area contributed by atoms with E-state index in [0.717, 1.165) is 0 Å². The van der Waals surface area contributed by atoms with Gasteiger partial charge in [0.15, 0.2) is 0 Å². The van der Waals surface area contributed by atoms with Gasteiger partial charge in [-0.2, -0.15) is 0 Å². The first-order valence-corrected chi connectivity index (χ1v) is 113. The molecule has 0 spiro atoms. The first-order chi connectivity index (χ1) is 53.1. The fourth-order valence-corrected chi connectivity index (χ4v) is 212. The van der Waals surface area contributed by atoms with Crippen molar-refractivity contribution in [2.75, 3.05) is 0 Å². The molecule has 23 aliphatic rings. The molecular weight excluding hydrogens is 2180 g/mol. The normalized spacial score (nSPS) is 66.0. The fourth-order valence-electron chi connectivity index (χ4n) is 19.3. The number of hydrogen-bond acceptors (Lipinski definition) is 51. The van der Waals surface area contributed by atoms with E-state index in [1.807, 2.05) is 0 Å². The van der Waals surface area contributed by atoms with Gasteiger partial charge in [-0.1, -0.05) is 0 Å². The van der Waals surface area contributed by atoms with Crippen LogP contribution in [0.15, 0.2) is 0 Å². The van der Waals surface area contributed by atoms with Crippen molar-refractivity contribution >= 4 is 299 Å². The average Bonchev–Trinajstić information content (AvgIpc) is 0.707. The zero-order valence-corrected chi connectivity index (χ0v) is 106. The summed E-state index contributed by atoms with van der Waals surface area (Å²) in [6.45, 7) is 57.9. The van der Waals surface area contributed by atoms with Crippen molar-refractivity contribution in [1.82, 2.24) is 0 Å². The van der Waals surface area contributed by atoms with Crippen molar-refractivity contribution in [3.05, 3.63) is 0 Å². The highest BCUT2D eigenvalue weighted by molar-refractivity contribution is 7.08.